The van der Waals surface area contributed by atoms with Crippen molar-refractivity contribution in [3.05, 3.63) is 18.0 Å². The zero-order chi connectivity index (χ0) is 26.9. The first kappa shape index (κ1) is 26.3. The van der Waals surface area contributed by atoms with Crippen LogP contribution in [-0.4, -0.2) is 98.6 Å². The number of hydrogen-bond donors (Lipinski definition) is 4. The molecule has 0 aromatic carbocycles. The molecule has 0 spiro atoms. The van der Waals surface area contributed by atoms with Gasteiger partial charge in [0.25, 0.3) is 5.91 Å². The van der Waals surface area contributed by atoms with E-state index >= 15 is 0 Å². The van der Waals surface area contributed by atoms with E-state index in [0.717, 1.165) is 36.1 Å². The van der Waals surface area contributed by atoms with Crippen LogP contribution in [0, 0.1) is 5.41 Å². The van der Waals surface area contributed by atoms with Crippen LogP contribution < -0.4 is 16.8 Å². The van der Waals surface area contributed by atoms with E-state index < -0.39 is 34.6 Å². The lowest BCUT2D eigenvalue weighted by Crippen LogP contribution is -2.74. The van der Waals surface area contributed by atoms with Gasteiger partial charge in [0.2, 0.25) is 22.6 Å². The molecule has 2 aliphatic heterocycles. The number of allylic oxidation sites excluding steroid dienone is 1. The van der Waals surface area contributed by atoms with Gasteiger partial charge >= 0.3 is 5.97 Å². The summed E-state index contributed by atoms with van der Waals surface area (Å²) >= 11 is 3.34. The van der Waals surface area contributed by atoms with Crippen LogP contribution in [0.1, 0.15) is 18.7 Å². The summed E-state index contributed by atoms with van der Waals surface area (Å²) < 4.78 is 5.41. The summed E-state index contributed by atoms with van der Waals surface area (Å²) in [5.74, 6) is -1.80. The van der Waals surface area contributed by atoms with Gasteiger partial charge in [0, 0.05) is 29.6 Å². The molecule has 2 saturated heterocycles. The van der Waals surface area contributed by atoms with Crippen LogP contribution in [0.3, 0.4) is 0 Å². The van der Waals surface area contributed by atoms with Crippen molar-refractivity contribution < 1.29 is 24.3 Å². The number of nitrogens with one attached hydrogen (secondary N) is 1. The lowest BCUT2D eigenvalue weighted by Gasteiger charge is -2.53. The highest BCUT2D eigenvalue weighted by Gasteiger charge is 2.57. The van der Waals surface area contributed by atoms with E-state index in [2.05, 4.69) is 35.4 Å². The fourth-order valence-corrected chi connectivity index (χ4v) is 7.24. The summed E-state index contributed by atoms with van der Waals surface area (Å²) in [7, 11) is 0. The van der Waals surface area contributed by atoms with E-state index in [4.69, 9.17) is 16.3 Å². The molecule has 3 aliphatic rings. The number of β-lactam (4-membered cyclic amide) rings is 1. The number of carbonyl (C=O) groups excluding carboxylic acids is 2. The van der Waals surface area contributed by atoms with Crippen molar-refractivity contribution in [1.29, 1.82) is 0 Å². The average molecular weight is 582 g/mol. The van der Waals surface area contributed by atoms with Gasteiger partial charge in [0.15, 0.2) is 5.13 Å². The third-order valence-electron chi connectivity index (χ3n) is 6.15. The third kappa shape index (κ3) is 5.05. The fraction of sp³-hybridized carbons (Fsp3) is 0.526. The Morgan fingerprint density at radius 3 is 2.95 bits per heavy atom. The van der Waals surface area contributed by atoms with Crippen LogP contribution in [0.2, 0.25) is 0 Å². The molecule has 2 amide bonds. The highest BCUT2D eigenvalue weighted by atomic mass is 32.2. The maximum Gasteiger partial charge on any atom is 0.313 e. The van der Waals surface area contributed by atoms with Crippen molar-refractivity contribution in [3.63, 3.8) is 0 Å². The molecule has 2 fully saturated rings. The van der Waals surface area contributed by atoms with Gasteiger partial charge in [0.05, 0.1) is 6.67 Å². The van der Waals surface area contributed by atoms with Crippen molar-refractivity contribution in [2.45, 2.75) is 42.2 Å². The quantitative estimate of drug-likeness (QED) is 0.0842. The Bertz CT molecular complexity index is 1300. The number of thioether (sulfide) groups is 2. The van der Waals surface area contributed by atoms with Crippen molar-refractivity contribution in [1.82, 2.24) is 39.8 Å². The van der Waals surface area contributed by atoms with Crippen LogP contribution in [0.25, 0.3) is 0 Å². The molecule has 0 bridgehead atoms. The number of fused-ring (bicyclic) bond motifs is 1. The number of oxime groups is 1. The molecule has 4 heterocycles. The van der Waals surface area contributed by atoms with E-state index in [1.54, 1.807) is 0 Å². The SMILES string of the molecule is NCn1nnnc1SCC1(C(=O)O)CS[C@@H]2C(NC(=O)C(=NOC3C=CCC3)c3nsc(N)n3)C(=O)N2C1. The fourth-order valence-electron chi connectivity index (χ4n) is 4.06. The van der Waals surface area contributed by atoms with Gasteiger partial charge in [-0.05, 0) is 29.3 Å². The minimum atomic E-state index is -1.24. The number of carbonyl (C=O) groups is 3. The van der Waals surface area contributed by atoms with E-state index in [1.165, 1.54) is 21.3 Å². The summed E-state index contributed by atoms with van der Waals surface area (Å²) in [6, 6.07) is -0.871. The summed E-state index contributed by atoms with van der Waals surface area (Å²) in [6.07, 6.45) is 5.09. The minimum absolute atomic E-state index is 0.00589. The van der Waals surface area contributed by atoms with Gasteiger partial charge in [-0.15, -0.1) is 16.9 Å². The Morgan fingerprint density at radius 1 is 1.42 bits per heavy atom. The van der Waals surface area contributed by atoms with Gasteiger partial charge < -0.3 is 31.6 Å². The monoisotopic (exact) mass is 581 g/mol. The van der Waals surface area contributed by atoms with Crippen LogP contribution in [0.15, 0.2) is 22.5 Å². The van der Waals surface area contributed by atoms with Gasteiger partial charge in [0.1, 0.15) is 22.9 Å². The Balaban J connectivity index is 1.25. The number of tetrazole rings is 1. The van der Waals surface area contributed by atoms with Gasteiger partial charge in [-0.2, -0.15) is 9.36 Å². The normalized spacial score (nSPS) is 26.7. The largest absolute Gasteiger partial charge is 0.481 e. The maximum atomic E-state index is 13.1. The topological polar surface area (TPSA) is 230 Å². The molecule has 1 aliphatic carbocycles. The molecule has 4 atom stereocenters. The number of nitrogens with two attached hydrogens (primary N) is 2. The van der Waals surface area contributed by atoms with Gasteiger partial charge in [-0.3, -0.25) is 14.4 Å². The molecule has 5 rings (SSSR count). The van der Waals surface area contributed by atoms with E-state index in [0.29, 0.717) is 5.16 Å². The molecular weight excluding hydrogens is 558 g/mol. The number of nitrogens with zero attached hydrogens (tertiary/aromatic N) is 8. The molecule has 2 aromatic heterocycles. The van der Waals surface area contributed by atoms with Crippen LogP contribution in [-0.2, 0) is 25.9 Å². The molecule has 16 nitrogen and oxygen atoms in total. The summed E-state index contributed by atoms with van der Waals surface area (Å²) in [5.41, 5.74) is 9.84. The number of aromatic nitrogens is 6. The minimum Gasteiger partial charge on any atom is -0.481 e. The second kappa shape index (κ2) is 10.8. The molecule has 202 valence electrons. The molecule has 0 radical (unpaired) electrons. The highest BCUT2D eigenvalue weighted by molar-refractivity contribution is 8.00. The molecule has 0 saturated carbocycles. The van der Waals surface area contributed by atoms with Crippen LogP contribution in [0.5, 0.6) is 0 Å². The van der Waals surface area contributed by atoms with Crippen LogP contribution >= 0.6 is 35.1 Å². The smallest absolute Gasteiger partial charge is 0.313 e. The predicted octanol–water partition coefficient (Wildman–Crippen LogP) is -1.27. The number of aliphatic carboxylic acids is 1. The Hall–Kier alpha value is -3.29. The Labute approximate surface area is 227 Å². The summed E-state index contributed by atoms with van der Waals surface area (Å²) in [4.78, 5) is 49.4. The first-order chi connectivity index (χ1) is 18.3. The van der Waals surface area contributed by atoms with Gasteiger partial charge in [-0.1, -0.05) is 23.0 Å². The lowest BCUT2D eigenvalue weighted by molar-refractivity contribution is -0.157. The zero-order valence-electron chi connectivity index (χ0n) is 19.7. The molecule has 2 aromatic rings. The Morgan fingerprint density at radius 2 is 2.26 bits per heavy atom. The molecular formula is C19H23N11O5S3. The molecule has 19 heteroatoms. The van der Waals surface area contributed by atoms with Gasteiger partial charge in [-0.25, -0.2) is 4.68 Å². The van der Waals surface area contributed by atoms with Crippen LogP contribution in [0.4, 0.5) is 5.13 Å². The Kier molecular flexibility index (Phi) is 7.50. The number of carboxylic acid groups (broad SMARTS) is 1. The number of nitrogen functional groups attached to an aromatic ring is 1. The number of anilines is 1. The summed E-state index contributed by atoms with van der Waals surface area (Å²) in [5, 5.41) is 28.0. The number of amides is 2. The van der Waals surface area contributed by atoms with Crippen molar-refractivity contribution >= 4 is 63.7 Å². The second-order valence-electron chi connectivity index (χ2n) is 8.68. The number of carboxylic acids is 1. The summed E-state index contributed by atoms with van der Waals surface area (Å²) in [6.45, 7) is 0.0273. The molecule has 6 N–H and O–H groups in total. The predicted molar refractivity (Wildman–Crippen MR) is 137 cm³/mol. The average Bonchev–Trinajstić information content (AvgIpc) is 3.68. The second-order valence-corrected chi connectivity index (χ2v) is 11.5. The van der Waals surface area contributed by atoms with Crippen molar-refractivity contribution in [2.24, 2.45) is 16.3 Å². The standard InChI is InChI=1S/C19H23N11O5S3/c20-8-30-18(24-27-28-30)37-7-19(16(33)34)5-29-14(32)11(15(29)36-6-19)22-13(31)10(12-23-17(21)38-26-12)25-35-9-3-1-2-4-9/h1,3,9,11,15H,2,4-8,20H2,(H,22,31)(H,33,34)(H2,21,23,26)/t9?,11?,15-,19?/m1/s1. The molecule has 38 heavy (non-hydrogen) atoms. The van der Waals surface area contributed by atoms with E-state index in [9.17, 15) is 19.5 Å². The first-order valence-electron chi connectivity index (χ1n) is 11.4. The number of hydrogen-bond acceptors (Lipinski definition) is 15. The lowest BCUT2D eigenvalue weighted by atomic mass is 9.89. The highest BCUT2D eigenvalue weighted by Crippen LogP contribution is 2.44. The first-order valence-corrected chi connectivity index (χ1v) is 14.2. The van der Waals surface area contributed by atoms with Crippen molar-refractivity contribution in [3.8, 4) is 0 Å². The zero-order valence-corrected chi connectivity index (χ0v) is 22.1. The maximum absolute atomic E-state index is 13.1. The van der Waals surface area contributed by atoms with Crippen molar-refractivity contribution in [2.75, 3.05) is 23.8 Å². The molecule has 3 unspecified atom stereocenters. The number of rotatable bonds is 10. The van der Waals surface area contributed by atoms with E-state index in [1.807, 2.05) is 12.2 Å². The van der Waals surface area contributed by atoms with E-state index in [-0.39, 0.29) is 47.5 Å². The third-order valence-corrected chi connectivity index (χ3v) is 9.53.